The molecule has 8 heteroatoms. The molecule has 1 saturated heterocycles. The fourth-order valence-electron chi connectivity index (χ4n) is 3.65. The summed E-state index contributed by atoms with van der Waals surface area (Å²) in [5.74, 6) is 0.515. The summed E-state index contributed by atoms with van der Waals surface area (Å²) in [6.45, 7) is 2.32. The molecular formula is C28H26N2O5S. The number of rotatable bonds is 8. The molecule has 0 aromatic heterocycles. The Labute approximate surface area is 215 Å². The van der Waals surface area contributed by atoms with Gasteiger partial charge in [-0.05, 0) is 72.7 Å². The number of anilines is 1. The Kier molecular flexibility index (Phi) is 7.65. The van der Waals surface area contributed by atoms with Crippen molar-refractivity contribution in [2.45, 2.75) is 13.5 Å². The Hall–Kier alpha value is -4.17. The summed E-state index contributed by atoms with van der Waals surface area (Å²) in [7, 11) is 2.86. The summed E-state index contributed by atoms with van der Waals surface area (Å²) in [6.07, 6.45) is 1.70. The third kappa shape index (κ3) is 5.55. The van der Waals surface area contributed by atoms with Crippen molar-refractivity contribution < 1.29 is 23.8 Å². The second-order valence-electron chi connectivity index (χ2n) is 8.16. The number of carbonyl (C=O) groups is 2. The van der Waals surface area contributed by atoms with Crippen molar-refractivity contribution in [3.8, 4) is 11.5 Å². The number of aryl methyl sites for hydroxylation is 1. The van der Waals surface area contributed by atoms with Crippen molar-refractivity contribution >= 4 is 41.0 Å². The van der Waals surface area contributed by atoms with Gasteiger partial charge in [0.25, 0.3) is 5.91 Å². The lowest BCUT2D eigenvalue weighted by atomic mass is 10.1. The van der Waals surface area contributed by atoms with Crippen LogP contribution in [0, 0.1) is 6.92 Å². The highest BCUT2D eigenvalue weighted by Crippen LogP contribution is 2.30. The molecule has 4 rings (SSSR count). The van der Waals surface area contributed by atoms with Gasteiger partial charge in [-0.3, -0.25) is 14.5 Å². The summed E-state index contributed by atoms with van der Waals surface area (Å²) in [5.41, 5.74) is 3.88. The number of thiocarbonyl (C=S) groups is 1. The lowest BCUT2D eigenvalue weighted by molar-refractivity contribution is -0.140. The van der Waals surface area contributed by atoms with Crippen molar-refractivity contribution in [1.29, 1.82) is 0 Å². The van der Waals surface area contributed by atoms with Crippen LogP contribution in [0.4, 0.5) is 5.69 Å². The fraction of sp³-hybridized carbons (Fsp3) is 0.179. The van der Waals surface area contributed by atoms with Gasteiger partial charge in [0, 0.05) is 0 Å². The van der Waals surface area contributed by atoms with E-state index in [0.717, 1.165) is 11.1 Å². The van der Waals surface area contributed by atoms with Gasteiger partial charge >= 0.3 is 5.97 Å². The van der Waals surface area contributed by atoms with Crippen LogP contribution in [0.1, 0.15) is 16.7 Å². The minimum atomic E-state index is -0.507. The van der Waals surface area contributed by atoms with Crippen molar-refractivity contribution in [2.75, 3.05) is 25.7 Å². The summed E-state index contributed by atoms with van der Waals surface area (Å²) in [4.78, 5) is 28.4. The average Bonchev–Trinajstić information content (AvgIpc) is 3.13. The molecule has 0 N–H and O–H groups in total. The van der Waals surface area contributed by atoms with E-state index in [0.29, 0.717) is 23.8 Å². The first-order valence-electron chi connectivity index (χ1n) is 11.3. The standard InChI is InChI=1S/C28H26N2O5S/c1-19-4-6-21(7-5-19)18-35-24-12-8-20(9-13-24)16-25-27(32)30(22-10-14-23(33-2)15-11-22)28(36)29(25)17-26(31)34-3/h4-16H,17-18H2,1-3H3/b25-16-. The number of methoxy groups -OCH3 is 2. The van der Waals surface area contributed by atoms with Gasteiger partial charge in [0.05, 0.1) is 19.9 Å². The summed E-state index contributed by atoms with van der Waals surface area (Å²) < 4.78 is 15.9. The monoisotopic (exact) mass is 502 g/mol. The van der Waals surface area contributed by atoms with Crippen LogP contribution in [0.15, 0.2) is 78.5 Å². The smallest absolute Gasteiger partial charge is 0.325 e. The van der Waals surface area contributed by atoms with Gasteiger partial charge in [-0.1, -0.05) is 42.0 Å². The van der Waals surface area contributed by atoms with Gasteiger partial charge in [-0.25, -0.2) is 0 Å². The maximum atomic E-state index is 13.4. The number of hydrogen-bond acceptors (Lipinski definition) is 6. The lowest BCUT2D eigenvalue weighted by Crippen LogP contribution is -2.35. The number of nitrogens with zero attached hydrogens (tertiary/aromatic N) is 2. The molecule has 0 saturated carbocycles. The third-order valence-electron chi connectivity index (χ3n) is 5.69. The molecule has 0 radical (unpaired) electrons. The Bertz CT molecular complexity index is 1290. The molecule has 7 nitrogen and oxygen atoms in total. The molecule has 0 bridgehead atoms. The highest BCUT2D eigenvalue weighted by Gasteiger charge is 2.40. The van der Waals surface area contributed by atoms with E-state index < -0.39 is 5.97 Å². The van der Waals surface area contributed by atoms with Crippen LogP contribution in [0.2, 0.25) is 0 Å². The second kappa shape index (κ2) is 11.0. The summed E-state index contributed by atoms with van der Waals surface area (Å²) in [6, 6.07) is 22.5. The Morgan fingerprint density at radius 3 is 2.17 bits per heavy atom. The SMILES string of the molecule is COC(=O)CN1C(=S)N(c2ccc(OC)cc2)C(=O)/C1=C/c1ccc(OCc2ccc(C)cc2)cc1. The maximum absolute atomic E-state index is 13.4. The Morgan fingerprint density at radius 2 is 1.56 bits per heavy atom. The molecule has 1 aliphatic heterocycles. The van der Waals surface area contributed by atoms with E-state index in [4.69, 9.17) is 26.4 Å². The fourth-order valence-corrected chi connectivity index (χ4v) is 4.01. The Balaban J connectivity index is 1.56. The van der Waals surface area contributed by atoms with Crippen LogP contribution >= 0.6 is 12.2 Å². The number of benzene rings is 3. The molecule has 0 aliphatic carbocycles. The highest BCUT2D eigenvalue weighted by molar-refractivity contribution is 7.80. The highest BCUT2D eigenvalue weighted by atomic mass is 32.1. The first kappa shape index (κ1) is 24.9. The minimum absolute atomic E-state index is 0.183. The predicted molar refractivity (Wildman–Crippen MR) is 142 cm³/mol. The number of hydrogen-bond donors (Lipinski definition) is 0. The zero-order valence-electron chi connectivity index (χ0n) is 20.3. The van der Waals surface area contributed by atoms with E-state index in [-0.39, 0.29) is 23.3 Å². The molecule has 1 amide bonds. The molecule has 36 heavy (non-hydrogen) atoms. The van der Waals surface area contributed by atoms with E-state index in [1.807, 2.05) is 55.5 Å². The molecule has 184 valence electrons. The van der Waals surface area contributed by atoms with Crippen LogP contribution in [0.25, 0.3) is 6.08 Å². The number of ether oxygens (including phenoxy) is 3. The van der Waals surface area contributed by atoms with Gasteiger partial charge in [0.1, 0.15) is 30.3 Å². The Morgan fingerprint density at radius 1 is 0.917 bits per heavy atom. The van der Waals surface area contributed by atoms with Gasteiger partial charge < -0.3 is 19.1 Å². The van der Waals surface area contributed by atoms with Gasteiger partial charge in [0.2, 0.25) is 0 Å². The molecule has 1 aliphatic rings. The van der Waals surface area contributed by atoms with E-state index >= 15 is 0 Å². The minimum Gasteiger partial charge on any atom is -0.497 e. The molecule has 0 spiro atoms. The van der Waals surface area contributed by atoms with Crippen LogP contribution in [-0.2, 0) is 20.9 Å². The van der Waals surface area contributed by atoms with Crippen LogP contribution in [0.3, 0.4) is 0 Å². The molecule has 1 fully saturated rings. The zero-order chi connectivity index (χ0) is 25.7. The van der Waals surface area contributed by atoms with Crippen molar-refractivity contribution in [1.82, 2.24) is 4.90 Å². The zero-order valence-corrected chi connectivity index (χ0v) is 21.1. The second-order valence-corrected chi connectivity index (χ2v) is 8.52. The van der Waals surface area contributed by atoms with Gasteiger partial charge in [-0.15, -0.1) is 0 Å². The third-order valence-corrected chi connectivity index (χ3v) is 6.09. The summed E-state index contributed by atoms with van der Waals surface area (Å²) >= 11 is 5.58. The predicted octanol–water partition coefficient (Wildman–Crippen LogP) is 4.73. The largest absolute Gasteiger partial charge is 0.497 e. The quantitative estimate of drug-likeness (QED) is 0.251. The van der Waals surface area contributed by atoms with Gasteiger partial charge in [-0.2, -0.15) is 0 Å². The topological polar surface area (TPSA) is 68.3 Å². The lowest BCUT2D eigenvalue weighted by Gasteiger charge is -2.19. The van der Waals surface area contributed by atoms with Crippen LogP contribution < -0.4 is 14.4 Å². The first-order valence-corrected chi connectivity index (χ1v) is 11.7. The van der Waals surface area contributed by atoms with Crippen molar-refractivity contribution in [3.63, 3.8) is 0 Å². The number of amides is 1. The van der Waals surface area contributed by atoms with E-state index in [9.17, 15) is 9.59 Å². The summed E-state index contributed by atoms with van der Waals surface area (Å²) in [5, 5.41) is 0.194. The first-order chi connectivity index (χ1) is 17.4. The number of esters is 1. The molecule has 3 aromatic rings. The van der Waals surface area contributed by atoms with Gasteiger partial charge in [0.15, 0.2) is 5.11 Å². The molecular weight excluding hydrogens is 476 g/mol. The molecule has 1 heterocycles. The van der Waals surface area contributed by atoms with E-state index in [1.54, 1.807) is 37.5 Å². The normalized spacial score (nSPS) is 14.4. The average molecular weight is 503 g/mol. The van der Waals surface area contributed by atoms with E-state index in [1.165, 1.54) is 22.5 Å². The van der Waals surface area contributed by atoms with E-state index in [2.05, 4.69) is 0 Å². The van der Waals surface area contributed by atoms with Crippen molar-refractivity contribution in [2.24, 2.45) is 0 Å². The molecule has 0 atom stereocenters. The number of carbonyl (C=O) groups excluding carboxylic acids is 2. The molecule has 3 aromatic carbocycles. The van der Waals surface area contributed by atoms with Crippen LogP contribution in [-0.4, -0.2) is 42.7 Å². The maximum Gasteiger partial charge on any atom is 0.325 e. The molecule has 0 unspecified atom stereocenters. The van der Waals surface area contributed by atoms with Crippen molar-refractivity contribution in [3.05, 3.63) is 95.2 Å². The van der Waals surface area contributed by atoms with Crippen LogP contribution in [0.5, 0.6) is 11.5 Å².